The molecule has 0 fully saturated rings. The van der Waals surface area contributed by atoms with Gasteiger partial charge in [0.15, 0.2) is 0 Å². The van der Waals surface area contributed by atoms with Crippen molar-refractivity contribution in [3.8, 4) is 5.75 Å². The van der Waals surface area contributed by atoms with Crippen LogP contribution in [0, 0.1) is 0 Å². The van der Waals surface area contributed by atoms with Crippen LogP contribution in [0.15, 0.2) is 69.4 Å². The molecule has 0 unspecified atom stereocenters. The first-order valence-electron chi connectivity index (χ1n) is 9.52. The Balaban J connectivity index is 1.59. The molecule has 1 aliphatic rings. The Bertz CT molecular complexity index is 1150. The minimum Gasteiger partial charge on any atom is -0.484 e. The van der Waals surface area contributed by atoms with E-state index in [4.69, 9.17) is 13.9 Å². The SMILES string of the molecule is C/C(=C\c1ccccc1)C(=O)O[C@@H]1Cc2cc3ccc(=O)oc3cc2OC1(C)C. The highest BCUT2D eigenvalue weighted by atomic mass is 16.6. The van der Waals surface area contributed by atoms with Crippen molar-refractivity contribution in [1.82, 2.24) is 0 Å². The Morgan fingerprint density at radius 3 is 2.66 bits per heavy atom. The second-order valence-corrected chi connectivity index (χ2v) is 7.79. The number of rotatable bonds is 3. The van der Waals surface area contributed by atoms with Gasteiger partial charge in [0, 0.05) is 29.5 Å². The maximum atomic E-state index is 12.7. The van der Waals surface area contributed by atoms with Gasteiger partial charge in [-0.2, -0.15) is 0 Å². The van der Waals surface area contributed by atoms with Gasteiger partial charge in [-0.05, 0) is 50.1 Å². The lowest BCUT2D eigenvalue weighted by atomic mass is 9.90. The molecule has 0 amide bonds. The Kier molecular flexibility index (Phi) is 4.74. The van der Waals surface area contributed by atoms with Gasteiger partial charge in [-0.3, -0.25) is 0 Å². The second-order valence-electron chi connectivity index (χ2n) is 7.79. The molecule has 0 aliphatic carbocycles. The standard InChI is InChI=1S/C24H22O5/c1-15(11-16-7-5-4-6-8-16)23(26)28-21-13-18-12-17-9-10-22(25)27-19(17)14-20(18)29-24(21,2)3/h4-12,14,21H,13H2,1-3H3/b15-11+/t21-/m1/s1. The zero-order valence-corrected chi connectivity index (χ0v) is 16.6. The van der Waals surface area contributed by atoms with Gasteiger partial charge in [0.2, 0.25) is 0 Å². The number of carbonyl (C=O) groups excluding carboxylic acids is 1. The van der Waals surface area contributed by atoms with Gasteiger partial charge in [0.25, 0.3) is 0 Å². The van der Waals surface area contributed by atoms with E-state index in [9.17, 15) is 9.59 Å². The molecule has 0 spiro atoms. The third-order valence-electron chi connectivity index (χ3n) is 5.11. The summed E-state index contributed by atoms with van der Waals surface area (Å²) in [5.74, 6) is 0.270. The van der Waals surface area contributed by atoms with Crippen LogP contribution in [0.5, 0.6) is 5.75 Å². The first-order chi connectivity index (χ1) is 13.8. The molecule has 1 atom stereocenters. The zero-order valence-electron chi connectivity index (χ0n) is 16.6. The van der Waals surface area contributed by atoms with Crippen molar-refractivity contribution in [2.45, 2.75) is 38.9 Å². The van der Waals surface area contributed by atoms with Crippen LogP contribution in [0.1, 0.15) is 31.9 Å². The van der Waals surface area contributed by atoms with Gasteiger partial charge in [-0.15, -0.1) is 0 Å². The molecule has 5 nitrogen and oxygen atoms in total. The summed E-state index contributed by atoms with van der Waals surface area (Å²) < 4.78 is 17.2. The number of fused-ring (bicyclic) bond motifs is 2. The van der Waals surface area contributed by atoms with Gasteiger partial charge in [-0.25, -0.2) is 9.59 Å². The Morgan fingerprint density at radius 1 is 1.14 bits per heavy atom. The molecule has 2 aromatic carbocycles. The summed E-state index contributed by atoms with van der Waals surface area (Å²) in [5, 5.41) is 0.803. The molecular weight excluding hydrogens is 368 g/mol. The predicted molar refractivity (Wildman–Crippen MR) is 111 cm³/mol. The van der Waals surface area contributed by atoms with E-state index in [1.165, 1.54) is 6.07 Å². The van der Waals surface area contributed by atoms with Gasteiger partial charge >= 0.3 is 11.6 Å². The fourth-order valence-electron chi connectivity index (χ4n) is 3.46. The van der Waals surface area contributed by atoms with Crippen LogP contribution in [0.2, 0.25) is 0 Å². The number of hydrogen-bond donors (Lipinski definition) is 0. The Morgan fingerprint density at radius 2 is 1.90 bits per heavy atom. The maximum Gasteiger partial charge on any atom is 0.336 e. The molecule has 0 saturated carbocycles. The molecule has 1 aliphatic heterocycles. The Labute approximate surface area is 168 Å². The summed E-state index contributed by atoms with van der Waals surface area (Å²) in [5.41, 5.74) is 1.73. The summed E-state index contributed by atoms with van der Waals surface area (Å²) in [7, 11) is 0. The second kappa shape index (κ2) is 7.24. The van der Waals surface area contributed by atoms with Crippen LogP contribution >= 0.6 is 0 Å². The normalized spacial score (nSPS) is 18.0. The van der Waals surface area contributed by atoms with E-state index < -0.39 is 17.3 Å². The van der Waals surface area contributed by atoms with E-state index in [1.807, 2.05) is 56.3 Å². The molecule has 0 radical (unpaired) electrons. The highest BCUT2D eigenvalue weighted by molar-refractivity contribution is 5.93. The predicted octanol–water partition coefficient (Wildman–Crippen LogP) is 4.52. The number of hydrogen-bond acceptors (Lipinski definition) is 5. The van der Waals surface area contributed by atoms with E-state index in [-0.39, 0.29) is 5.97 Å². The molecule has 0 N–H and O–H groups in total. The molecule has 29 heavy (non-hydrogen) atoms. The summed E-state index contributed by atoms with van der Waals surface area (Å²) in [4.78, 5) is 24.1. The lowest BCUT2D eigenvalue weighted by Gasteiger charge is -2.39. The lowest BCUT2D eigenvalue weighted by Crippen LogP contribution is -2.48. The van der Waals surface area contributed by atoms with Crippen molar-refractivity contribution in [3.63, 3.8) is 0 Å². The monoisotopic (exact) mass is 390 g/mol. The molecule has 4 rings (SSSR count). The molecule has 1 aromatic heterocycles. The molecule has 0 saturated heterocycles. The first-order valence-corrected chi connectivity index (χ1v) is 9.52. The van der Waals surface area contributed by atoms with E-state index in [1.54, 1.807) is 19.1 Å². The molecule has 2 heterocycles. The van der Waals surface area contributed by atoms with Crippen molar-refractivity contribution in [2.75, 3.05) is 0 Å². The summed E-state index contributed by atoms with van der Waals surface area (Å²) in [6.45, 7) is 5.51. The van der Waals surface area contributed by atoms with Crippen LogP contribution in [0.4, 0.5) is 0 Å². The van der Waals surface area contributed by atoms with Gasteiger partial charge < -0.3 is 13.9 Å². The number of carbonyl (C=O) groups is 1. The highest BCUT2D eigenvalue weighted by Crippen LogP contribution is 2.37. The number of benzene rings is 2. The average molecular weight is 390 g/mol. The smallest absolute Gasteiger partial charge is 0.336 e. The topological polar surface area (TPSA) is 65.7 Å². The summed E-state index contributed by atoms with van der Waals surface area (Å²) >= 11 is 0. The Hall–Kier alpha value is -3.34. The van der Waals surface area contributed by atoms with Gasteiger partial charge in [0.05, 0.1) is 0 Å². The van der Waals surface area contributed by atoms with Gasteiger partial charge in [-0.1, -0.05) is 30.3 Å². The minimum atomic E-state index is -0.724. The summed E-state index contributed by atoms with van der Waals surface area (Å²) in [6.07, 6.45) is 1.87. The maximum absolute atomic E-state index is 12.7. The van der Waals surface area contributed by atoms with Crippen molar-refractivity contribution < 1.29 is 18.7 Å². The minimum absolute atomic E-state index is 0.370. The van der Waals surface area contributed by atoms with Gasteiger partial charge in [0.1, 0.15) is 23.0 Å². The van der Waals surface area contributed by atoms with E-state index in [0.29, 0.717) is 23.3 Å². The average Bonchev–Trinajstić information content (AvgIpc) is 2.67. The fraction of sp³-hybridized carbons (Fsp3) is 0.250. The van der Waals surface area contributed by atoms with Crippen LogP contribution in [0.3, 0.4) is 0 Å². The molecule has 5 heteroatoms. The van der Waals surface area contributed by atoms with Crippen LogP contribution in [-0.2, 0) is 16.0 Å². The van der Waals surface area contributed by atoms with Crippen molar-refractivity contribution >= 4 is 23.0 Å². The molecule has 148 valence electrons. The highest BCUT2D eigenvalue weighted by Gasteiger charge is 2.40. The van der Waals surface area contributed by atoms with Crippen LogP contribution in [0.25, 0.3) is 17.0 Å². The van der Waals surface area contributed by atoms with E-state index >= 15 is 0 Å². The quantitative estimate of drug-likeness (QED) is 0.374. The van der Waals surface area contributed by atoms with Crippen LogP contribution in [-0.4, -0.2) is 17.7 Å². The summed E-state index contributed by atoms with van der Waals surface area (Å²) in [6, 6.07) is 16.4. The molecular formula is C24H22O5. The molecule has 0 bridgehead atoms. The van der Waals surface area contributed by atoms with Crippen molar-refractivity contribution in [1.29, 1.82) is 0 Å². The van der Waals surface area contributed by atoms with Crippen LogP contribution < -0.4 is 10.4 Å². The zero-order chi connectivity index (χ0) is 20.6. The van der Waals surface area contributed by atoms with E-state index in [0.717, 1.165) is 16.5 Å². The van der Waals surface area contributed by atoms with Crippen molar-refractivity contribution in [3.05, 3.63) is 81.7 Å². The number of ether oxygens (including phenoxy) is 2. The lowest BCUT2D eigenvalue weighted by molar-refractivity contribution is -0.156. The molecule has 3 aromatic rings. The van der Waals surface area contributed by atoms with Crippen molar-refractivity contribution in [2.24, 2.45) is 0 Å². The van der Waals surface area contributed by atoms with E-state index in [2.05, 4.69) is 0 Å². The largest absolute Gasteiger partial charge is 0.484 e. The number of esters is 1. The first kappa shape index (κ1) is 19.0. The fourth-order valence-corrected chi connectivity index (χ4v) is 3.46. The third kappa shape index (κ3) is 3.94. The third-order valence-corrected chi connectivity index (χ3v) is 5.11.